The van der Waals surface area contributed by atoms with Crippen molar-refractivity contribution < 1.29 is 22.4 Å². The highest BCUT2D eigenvalue weighted by atomic mass is 19.4. The molecule has 0 bridgehead atoms. The van der Waals surface area contributed by atoms with E-state index in [9.17, 15) is 22.4 Å². The lowest BCUT2D eigenvalue weighted by atomic mass is 10.1. The molecule has 0 saturated carbocycles. The molecule has 2 aromatic rings. The normalized spacial score (nSPS) is 12.7. The molecule has 1 aromatic carbocycles. The predicted octanol–water partition coefficient (Wildman–Crippen LogP) is 3.11. The molecule has 1 atom stereocenters. The fourth-order valence-corrected chi connectivity index (χ4v) is 2.10. The molecular formula is C16H15F4N3O. The number of pyridine rings is 1. The van der Waals surface area contributed by atoms with Crippen molar-refractivity contribution in [3.05, 3.63) is 65.2 Å². The summed E-state index contributed by atoms with van der Waals surface area (Å²) in [6.45, 7) is 1.73. The maximum atomic E-state index is 12.9. The number of aromatic nitrogens is 1. The van der Waals surface area contributed by atoms with Crippen molar-refractivity contribution >= 4 is 5.91 Å². The third-order valence-electron chi connectivity index (χ3n) is 3.26. The summed E-state index contributed by atoms with van der Waals surface area (Å²) >= 11 is 0. The van der Waals surface area contributed by atoms with Gasteiger partial charge < -0.3 is 0 Å². The summed E-state index contributed by atoms with van der Waals surface area (Å²) < 4.78 is 51.4. The molecule has 8 heteroatoms. The quantitative estimate of drug-likeness (QED) is 0.649. The van der Waals surface area contributed by atoms with Crippen molar-refractivity contribution in [2.75, 3.05) is 0 Å². The maximum Gasteiger partial charge on any atom is 0.417 e. The molecular weight excluding hydrogens is 326 g/mol. The van der Waals surface area contributed by atoms with Crippen LogP contribution in [0.15, 0.2) is 42.7 Å². The van der Waals surface area contributed by atoms with Crippen molar-refractivity contribution in [1.82, 2.24) is 15.8 Å². The number of hydrazine groups is 1. The highest BCUT2D eigenvalue weighted by Crippen LogP contribution is 2.31. The summed E-state index contributed by atoms with van der Waals surface area (Å²) in [6.07, 6.45) is -2.34. The van der Waals surface area contributed by atoms with E-state index in [1.54, 1.807) is 19.1 Å². The molecule has 2 rings (SSSR count). The number of halogens is 4. The minimum absolute atomic E-state index is 0.273. The average Bonchev–Trinajstić information content (AvgIpc) is 2.54. The van der Waals surface area contributed by atoms with Crippen LogP contribution >= 0.6 is 0 Å². The minimum Gasteiger partial charge on any atom is -0.287 e. The maximum absolute atomic E-state index is 12.9. The molecule has 0 aliphatic heterocycles. The van der Waals surface area contributed by atoms with E-state index in [0.717, 1.165) is 24.0 Å². The third kappa shape index (κ3) is 4.76. The van der Waals surface area contributed by atoms with Gasteiger partial charge in [0.15, 0.2) is 0 Å². The molecule has 1 aromatic heterocycles. The summed E-state index contributed by atoms with van der Waals surface area (Å²) in [4.78, 5) is 15.5. The number of amides is 1. The summed E-state index contributed by atoms with van der Waals surface area (Å²) in [5.41, 5.74) is 4.08. The first kappa shape index (κ1) is 17.9. The Morgan fingerprint density at radius 3 is 2.50 bits per heavy atom. The van der Waals surface area contributed by atoms with Gasteiger partial charge in [-0.15, -0.1) is 0 Å². The van der Waals surface area contributed by atoms with Gasteiger partial charge in [0.25, 0.3) is 5.91 Å². The summed E-state index contributed by atoms with van der Waals surface area (Å²) in [7, 11) is 0. The van der Waals surface area contributed by atoms with Crippen LogP contribution in [-0.4, -0.2) is 16.9 Å². The Balaban J connectivity index is 1.97. The van der Waals surface area contributed by atoms with E-state index < -0.39 is 23.2 Å². The molecule has 1 amide bonds. The molecule has 0 aliphatic carbocycles. The molecule has 0 aliphatic rings. The monoisotopic (exact) mass is 341 g/mol. The Bertz CT molecular complexity index is 701. The highest BCUT2D eigenvalue weighted by Gasteiger charge is 2.35. The highest BCUT2D eigenvalue weighted by molar-refractivity contribution is 5.95. The van der Waals surface area contributed by atoms with Gasteiger partial charge in [-0.25, -0.2) is 9.82 Å². The van der Waals surface area contributed by atoms with Gasteiger partial charge in [0.1, 0.15) is 5.82 Å². The second-order valence-corrected chi connectivity index (χ2v) is 5.25. The van der Waals surface area contributed by atoms with E-state index in [0.29, 0.717) is 6.42 Å². The van der Waals surface area contributed by atoms with E-state index in [1.807, 2.05) is 0 Å². The lowest BCUT2D eigenvalue weighted by Crippen LogP contribution is -2.44. The lowest BCUT2D eigenvalue weighted by Gasteiger charge is -2.16. The molecule has 1 unspecified atom stereocenters. The van der Waals surface area contributed by atoms with E-state index in [2.05, 4.69) is 15.8 Å². The van der Waals surface area contributed by atoms with E-state index >= 15 is 0 Å². The molecule has 4 nitrogen and oxygen atoms in total. The number of nitrogens with zero attached hydrogens (tertiary/aromatic N) is 1. The predicted molar refractivity (Wildman–Crippen MR) is 79.4 cm³/mol. The number of carbonyl (C=O) groups excluding carboxylic acids is 1. The smallest absolute Gasteiger partial charge is 0.287 e. The first-order valence-corrected chi connectivity index (χ1v) is 7.09. The summed E-state index contributed by atoms with van der Waals surface area (Å²) in [5.74, 6) is -1.29. The molecule has 0 radical (unpaired) electrons. The fourth-order valence-electron chi connectivity index (χ4n) is 2.10. The topological polar surface area (TPSA) is 54.0 Å². The average molecular weight is 341 g/mol. The minimum atomic E-state index is -4.64. The molecule has 0 saturated heterocycles. The van der Waals surface area contributed by atoms with Gasteiger partial charge in [-0.1, -0.05) is 12.1 Å². The molecule has 1 heterocycles. The zero-order valence-electron chi connectivity index (χ0n) is 12.7. The van der Waals surface area contributed by atoms with Gasteiger partial charge in [0.05, 0.1) is 11.1 Å². The van der Waals surface area contributed by atoms with Gasteiger partial charge >= 0.3 is 6.18 Å². The molecule has 0 spiro atoms. The van der Waals surface area contributed by atoms with Crippen molar-refractivity contribution in [2.24, 2.45) is 0 Å². The number of carbonyl (C=O) groups is 1. The summed E-state index contributed by atoms with van der Waals surface area (Å²) in [6, 6.07) is 6.29. The molecule has 128 valence electrons. The first-order valence-electron chi connectivity index (χ1n) is 7.09. The zero-order chi connectivity index (χ0) is 17.7. The van der Waals surface area contributed by atoms with Crippen LogP contribution in [0.5, 0.6) is 0 Å². The summed E-state index contributed by atoms with van der Waals surface area (Å²) in [5, 5.41) is 0. The van der Waals surface area contributed by atoms with Gasteiger partial charge in [-0.3, -0.25) is 15.2 Å². The van der Waals surface area contributed by atoms with Gasteiger partial charge in [0.2, 0.25) is 0 Å². The molecule has 2 N–H and O–H groups in total. The number of benzene rings is 1. The van der Waals surface area contributed by atoms with E-state index in [1.165, 1.54) is 12.1 Å². The number of nitrogens with one attached hydrogen (secondary N) is 2. The van der Waals surface area contributed by atoms with Crippen molar-refractivity contribution in [3.63, 3.8) is 0 Å². The second-order valence-electron chi connectivity index (χ2n) is 5.25. The number of rotatable bonds is 5. The second kappa shape index (κ2) is 7.39. The molecule has 0 fully saturated rings. The van der Waals surface area contributed by atoms with Crippen LogP contribution in [0.2, 0.25) is 0 Å². The molecule has 24 heavy (non-hydrogen) atoms. The Morgan fingerprint density at radius 1 is 1.21 bits per heavy atom. The van der Waals surface area contributed by atoms with E-state index in [4.69, 9.17) is 0 Å². The number of hydrogen-bond acceptors (Lipinski definition) is 3. The Hall–Kier alpha value is -2.48. The van der Waals surface area contributed by atoms with Crippen LogP contribution < -0.4 is 10.9 Å². The first-order chi connectivity index (χ1) is 11.3. The fraction of sp³-hybridized carbons (Fsp3) is 0.250. The Labute approximate surface area is 135 Å². The van der Waals surface area contributed by atoms with Gasteiger partial charge in [-0.05, 0) is 37.1 Å². The van der Waals surface area contributed by atoms with Gasteiger partial charge in [0, 0.05) is 18.4 Å². The SMILES string of the molecule is CC(Cc1ccc(F)cc1)NNC(=O)c1cnccc1C(F)(F)F. The van der Waals surface area contributed by atoms with Crippen LogP contribution in [0.4, 0.5) is 17.6 Å². The lowest BCUT2D eigenvalue weighted by molar-refractivity contribution is -0.138. The van der Waals surface area contributed by atoms with Crippen molar-refractivity contribution in [1.29, 1.82) is 0 Å². The van der Waals surface area contributed by atoms with Gasteiger partial charge in [-0.2, -0.15) is 13.2 Å². The van der Waals surface area contributed by atoms with Crippen LogP contribution in [-0.2, 0) is 12.6 Å². The van der Waals surface area contributed by atoms with Crippen LogP contribution in [0.1, 0.15) is 28.4 Å². The zero-order valence-corrected chi connectivity index (χ0v) is 12.7. The van der Waals surface area contributed by atoms with E-state index in [-0.39, 0.29) is 11.9 Å². The van der Waals surface area contributed by atoms with Crippen LogP contribution in [0.25, 0.3) is 0 Å². The third-order valence-corrected chi connectivity index (χ3v) is 3.26. The number of hydrogen-bond donors (Lipinski definition) is 2. The standard InChI is InChI=1S/C16H15F4N3O/c1-10(8-11-2-4-12(17)5-3-11)22-23-15(24)13-9-21-7-6-14(13)16(18,19)20/h2-7,9-10,22H,8H2,1H3,(H,23,24). The van der Waals surface area contributed by atoms with Crippen molar-refractivity contribution in [3.8, 4) is 0 Å². The Morgan fingerprint density at radius 2 is 1.88 bits per heavy atom. The van der Waals surface area contributed by atoms with Crippen molar-refractivity contribution in [2.45, 2.75) is 25.6 Å². The Kier molecular flexibility index (Phi) is 5.50. The van der Waals surface area contributed by atoms with Crippen LogP contribution in [0.3, 0.4) is 0 Å². The van der Waals surface area contributed by atoms with Crippen LogP contribution in [0, 0.1) is 5.82 Å². The number of alkyl halides is 3. The largest absolute Gasteiger partial charge is 0.417 e.